The van der Waals surface area contributed by atoms with Crippen LogP contribution in [0, 0.1) is 10.1 Å². The lowest BCUT2D eigenvalue weighted by Gasteiger charge is -2.35. The number of nitrogens with zero attached hydrogens (tertiary/aromatic N) is 3. The summed E-state index contributed by atoms with van der Waals surface area (Å²) >= 11 is 6.40. The van der Waals surface area contributed by atoms with Gasteiger partial charge in [0, 0.05) is 29.2 Å². The maximum absolute atomic E-state index is 14.1. The summed E-state index contributed by atoms with van der Waals surface area (Å²) in [7, 11) is -4.29. The first kappa shape index (κ1) is 31.6. The van der Waals surface area contributed by atoms with Crippen molar-refractivity contribution in [2.24, 2.45) is 0 Å². The SMILES string of the molecule is CCC(C(=O)NC(C)(C)C)N(Cc1ccccc1Cl)C(=O)CN(c1ccc([N+](=O)[O-])cc1)S(=O)(=O)c1ccccc1. The molecule has 0 aliphatic heterocycles. The second-order valence-corrected chi connectivity index (χ2v) is 12.6. The molecule has 3 aromatic rings. The average molecular weight is 601 g/mol. The third-order valence-electron chi connectivity index (χ3n) is 6.14. The number of anilines is 1. The predicted octanol–water partition coefficient (Wildman–Crippen LogP) is 5.17. The van der Waals surface area contributed by atoms with Crippen molar-refractivity contribution in [3.63, 3.8) is 0 Å². The third kappa shape index (κ3) is 8.05. The van der Waals surface area contributed by atoms with Gasteiger partial charge in [-0.25, -0.2) is 8.42 Å². The van der Waals surface area contributed by atoms with Crippen LogP contribution in [0.25, 0.3) is 0 Å². The zero-order chi connectivity index (χ0) is 30.4. The van der Waals surface area contributed by atoms with Crippen molar-refractivity contribution >= 4 is 44.8 Å². The maximum atomic E-state index is 14.1. The molecule has 0 bridgehead atoms. The van der Waals surface area contributed by atoms with E-state index in [9.17, 15) is 28.1 Å². The summed E-state index contributed by atoms with van der Waals surface area (Å²) < 4.78 is 28.5. The molecule has 0 radical (unpaired) electrons. The Hall–Kier alpha value is -3.96. The van der Waals surface area contributed by atoms with Gasteiger partial charge in [-0.1, -0.05) is 54.9 Å². The molecular weight excluding hydrogens is 568 g/mol. The fraction of sp³-hybridized carbons (Fsp3) is 0.310. The minimum Gasteiger partial charge on any atom is -0.350 e. The van der Waals surface area contributed by atoms with Crippen molar-refractivity contribution in [3.05, 3.63) is 99.6 Å². The van der Waals surface area contributed by atoms with Gasteiger partial charge in [0.05, 0.1) is 15.5 Å². The quantitative estimate of drug-likeness (QED) is 0.239. The minimum absolute atomic E-state index is 0.0476. The van der Waals surface area contributed by atoms with E-state index in [-0.39, 0.29) is 29.2 Å². The first-order valence-electron chi connectivity index (χ1n) is 12.9. The lowest BCUT2D eigenvalue weighted by molar-refractivity contribution is -0.384. The number of carbonyl (C=O) groups is 2. The smallest absolute Gasteiger partial charge is 0.269 e. The molecule has 2 amide bonds. The Morgan fingerprint density at radius 1 is 0.976 bits per heavy atom. The monoisotopic (exact) mass is 600 g/mol. The number of halogens is 1. The number of hydrogen-bond donors (Lipinski definition) is 1. The summed E-state index contributed by atoms with van der Waals surface area (Å²) in [4.78, 5) is 39.3. The minimum atomic E-state index is -4.29. The summed E-state index contributed by atoms with van der Waals surface area (Å²) in [6.07, 6.45) is 0.251. The fourth-order valence-electron chi connectivity index (χ4n) is 4.17. The van der Waals surface area contributed by atoms with Crippen molar-refractivity contribution in [3.8, 4) is 0 Å². The van der Waals surface area contributed by atoms with E-state index in [0.717, 1.165) is 4.31 Å². The molecular formula is C29H33ClN4O6S. The van der Waals surface area contributed by atoms with E-state index in [2.05, 4.69) is 5.32 Å². The molecule has 0 spiro atoms. The van der Waals surface area contributed by atoms with E-state index in [1.807, 2.05) is 20.8 Å². The third-order valence-corrected chi connectivity index (χ3v) is 8.30. The second-order valence-electron chi connectivity index (χ2n) is 10.4. The highest BCUT2D eigenvalue weighted by molar-refractivity contribution is 7.92. The largest absolute Gasteiger partial charge is 0.350 e. The van der Waals surface area contributed by atoms with Crippen LogP contribution < -0.4 is 9.62 Å². The van der Waals surface area contributed by atoms with Crippen molar-refractivity contribution in [1.82, 2.24) is 10.2 Å². The molecule has 1 atom stereocenters. The second kappa shape index (κ2) is 13.1. The molecule has 0 aliphatic carbocycles. The van der Waals surface area contributed by atoms with E-state index >= 15 is 0 Å². The molecule has 0 aliphatic rings. The van der Waals surface area contributed by atoms with Gasteiger partial charge in [0.15, 0.2) is 0 Å². The molecule has 0 fully saturated rings. The van der Waals surface area contributed by atoms with E-state index in [0.29, 0.717) is 10.6 Å². The molecule has 0 saturated carbocycles. The number of non-ortho nitro benzene ring substituents is 1. The van der Waals surface area contributed by atoms with Gasteiger partial charge in [0.25, 0.3) is 15.7 Å². The normalized spacial score (nSPS) is 12.3. The maximum Gasteiger partial charge on any atom is 0.269 e. The van der Waals surface area contributed by atoms with Gasteiger partial charge in [0.1, 0.15) is 12.6 Å². The lowest BCUT2D eigenvalue weighted by atomic mass is 10.1. The first-order chi connectivity index (χ1) is 19.2. The Morgan fingerprint density at radius 3 is 2.10 bits per heavy atom. The molecule has 0 saturated heterocycles. The number of rotatable bonds is 11. The fourth-order valence-corrected chi connectivity index (χ4v) is 5.80. The van der Waals surface area contributed by atoms with Gasteiger partial charge in [-0.05, 0) is 63.1 Å². The standard InChI is InChI=1S/C29H33ClN4O6S/c1-5-26(28(36)31-29(2,3)4)32(19-21-11-9-10-14-25(21)30)27(35)20-33(22-15-17-23(18-16-22)34(37)38)41(39,40)24-12-7-6-8-13-24/h6-18,26H,5,19-20H2,1-4H3,(H,31,36). The van der Waals surface area contributed by atoms with Crippen LogP contribution in [0.4, 0.5) is 11.4 Å². The van der Waals surface area contributed by atoms with Gasteiger partial charge < -0.3 is 10.2 Å². The van der Waals surface area contributed by atoms with Crippen LogP contribution >= 0.6 is 11.6 Å². The van der Waals surface area contributed by atoms with Gasteiger partial charge in [0.2, 0.25) is 11.8 Å². The Bertz CT molecular complexity index is 1490. The Morgan fingerprint density at radius 2 is 1.56 bits per heavy atom. The van der Waals surface area contributed by atoms with Gasteiger partial charge >= 0.3 is 0 Å². The molecule has 3 rings (SSSR count). The number of benzene rings is 3. The van der Waals surface area contributed by atoms with Crippen LogP contribution in [-0.4, -0.2) is 48.2 Å². The summed E-state index contributed by atoms with van der Waals surface area (Å²) in [6.45, 7) is 6.50. The number of sulfonamides is 1. The van der Waals surface area contributed by atoms with Crippen LogP contribution in [0.15, 0.2) is 83.8 Å². The Balaban J connectivity index is 2.09. The topological polar surface area (TPSA) is 130 Å². The van der Waals surface area contributed by atoms with Gasteiger partial charge in [-0.15, -0.1) is 0 Å². The van der Waals surface area contributed by atoms with Crippen molar-refractivity contribution in [2.75, 3.05) is 10.8 Å². The van der Waals surface area contributed by atoms with Crippen molar-refractivity contribution in [2.45, 2.75) is 57.1 Å². The molecule has 0 heterocycles. The number of hydrogen-bond acceptors (Lipinski definition) is 6. The molecule has 10 nitrogen and oxygen atoms in total. The molecule has 41 heavy (non-hydrogen) atoms. The van der Waals surface area contributed by atoms with Crippen LogP contribution in [0.2, 0.25) is 5.02 Å². The summed E-state index contributed by atoms with van der Waals surface area (Å²) in [5, 5.41) is 14.5. The molecule has 0 aromatic heterocycles. The van der Waals surface area contributed by atoms with E-state index in [1.54, 1.807) is 49.4 Å². The first-order valence-corrected chi connectivity index (χ1v) is 14.7. The van der Waals surface area contributed by atoms with Crippen molar-refractivity contribution < 1.29 is 22.9 Å². The number of nitro groups is 1. The van der Waals surface area contributed by atoms with E-state index in [4.69, 9.17) is 11.6 Å². The van der Waals surface area contributed by atoms with Crippen LogP contribution in [0.1, 0.15) is 39.7 Å². The Labute approximate surface area is 245 Å². The summed E-state index contributed by atoms with van der Waals surface area (Å²) in [5.41, 5.74) is -0.178. The molecule has 218 valence electrons. The van der Waals surface area contributed by atoms with Crippen molar-refractivity contribution in [1.29, 1.82) is 0 Å². The number of nitrogens with one attached hydrogen (secondary N) is 1. The van der Waals surface area contributed by atoms with E-state index < -0.39 is 44.9 Å². The zero-order valence-electron chi connectivity index (χ0n) is 23.3. The molecule has 3 aromatic carbocycles. The van der Waals surface area contributed by atoms with E-state index in [1.165, 1.54) is 41.3 Å². The van der Waals surface area contributed by atoms with Gasteiger partial charge in [-0.2, -0.15) is 0 Å². The zero-order valence-corrected chi connectivity index (χ0v) is 24.9. The van der Waals surface area contributed by atoms with Crippen LogP contribution in [0.5, 0.6) is 0 Å². The number of amides is 2. The average Bonchev–Trinajstić information content (AvgIpc) is 2.92. The highest BCUT2D eigenvalue weighted by Gasteiger charge is 2.35. The predicted molar refractivity (Wildman–Crippen MR) is 158 cm³/mol. The lowest BCUT2D eigenvalue weighted by Crippen LogP contribution is -2.55. The van der Waals surface area contributed by atoms with Crippen LogP contribution in [0.3, 0.4) is 0 Å². The molecule has 1 unspecified atom stereocenters. The number of nitro benzene ring substituents is 1. The van der Waals surface area contributed by atoms with Gasteiger partial charge in [-0.3, -0.25) is 24.0 Å². The molecule has 12 heteroatoms. The van der Waals surface area contributed by atoms with Crippen LogP contribution in [-0.2, 0) is 26.2 Å². The Kier molecular flexibility index (Phi) is 10.1. The summed E-state index contributed by atoms with van der Waals surface area (Å²) in [5.74, 6) is -1.05. The highest BCUT2D eigenvalue weighted by atomic mass is 35.5. The number of carbonyl (C=O) groups excluding carboxylic acids is 2. The summed E-state index contributed by atoms with van der Waals surface area (Å²) in [6, 6.07) is 18.4. The molecule has 1 N–H and O–H groups in total. The highest BCUT2D eigenvalue weighted by Crippen LogP contribution is 2.27.